The third-order valence-electron chi connectivity index (χ3n) is 3.79. The number of carbonyl (C=O) groups excluding carboxylic acids is 1. The van der Waals surface area contributed by atoms with Gasteiger partial charge in [0.05, 0.1) is 17.8 Å². The van der Waals surface area contributed by atoms with E-state index in [1.807, 2.05) is 32.0 Å². The van der Waals surface area contributed by atoms with Crippen molar-refractivity contribution in [2.75, 3.05) is 18.9 Å². The number of fused-ring (bicyclic) bond motifs is 1. The topological polar surface area (TPSA) is 64.4 Å². The molecule has 0 spiro atoms. The lowest BCUT2D eigenvalue weighted by Gasteiger charge is -2.23. The Hall–Kier alpha value is -1.59. The summed E-state index contributed by atoms with van der Waals surface area (Å²) < 4.78 is 6.45. The molecule has 3 N–H and O–H groups in total. The van der Waals surface area contributed by atoms with Gasteiger partial charge in [-0.2, -0.15) is 0 Å². The average Bonchev–Trinajstić information content (AvgIpc) is 2.96. The molecule has 3 rings (SSSR count). The molecule has 1 amide bonds. The zero-order valence-corrected chi connectivity index (χ0v) is 12.5. The van der Waals surface area contributed by atoms with Crippen LogP contribution in [0.15, 0.2) is 18.2 Å². The molecule has 0 radical (unpaired) electrons. The standard InChI is InChI=1S/C15H18N2O2S/c1-9-4-3-5-10-11(16)13(20-12(9)10)14(18)17-15(2)6-7-19-8-15/h3-5H,6-8,16H2,1-2H3,(H,17,18). The van der Waals surface area contributed by atoms with Crippen molar-refractivity contribution in [3.8, 4) is 0 Å². The average molecular weight is 290 g/mol. The van der Waals surface area contributed by atoms with Gasteiger partial charge in [0.25, 0.3) is 5.91 Å². The fourth-order valence-electron chi connectivity index (χ4n) is 2.54. The van der Waals surface area contributed by atoms with Gasteiger partial charge in [0.15, 0.2) is 0 Å². The molecule has 0 bridgehead atoms. The summed E-state index contributed by atoms with van der Waals surface area (Å²) in [6.45, 7) is 5.29. The third kappa shape index (κ3) is 2.17. The number of nitrogens with one attached hydrogen (secondary N) is 1. The summed E-state index contributed by atoms with van der Waals surface area (Å²) >= 11 is 1.46. The summed E-state index contributed by atoms with van der Waals surface area (Å²) in [6, 6.07) is 5.96. The van der Waals surface area contributed by atoms with Gasteiger partial charge < -0.3 is 15.8 Å². The first-order valence-electron chi connectivity index (χ1n) is 6.68. The molecule has 2 heterocycles. The quantitative estimate of drug-likeness (QED) is 0.894. The van der Waals surface area contributed by atoms with Crippen LogP contribution in [0, 0.1) is 6.92 Å². The number of nitrogen functional groups attached to an aromatic ring is 1. The molecule has 1 aliphatic heterocycles. The van der Waals surface area contributed by atoms with Crippen molar-refractivity contribution in [2.24, 2.45) is 0 Å². The van der Waals surface area contributed by atoms with Crippen molar-refractivity contribution in [1.82, 2.24) is 5.32 Å². The van der Waals surface area contributed by atoms with Crippen molar-refractivity contribution in [3.05, 3.63) is 28.6 Å². The lowest BCUT2D eigenvalue weighted by atomic mass is 10.0. The highest BCUT2D eigenvalue weighted by Crippen LogP contribution is 2.35. The molecule has 0 aliphatic carbocycles. The van der Waals surface area contributed by atoms with E-state index in [0.29, 0.717) is 23.8 Å². The number of anilines is 1. The Morgan fingerprint density at radius 1 is 1.50 bits per heavy atom. The van der Waals surface area contributed by atoms with Crippen LogP contribution in [0.4, 0.5) is 5.69 Å². The Morgan fingerprint density at radius 3 is 2.95 bits per heavy atom. The number of thiophene rings is 1. The maximum absolute atomic E-state index is 12.5. The number of rotatable bonds is 2. The van der Waals surface area contributed by atoms with Gasteiger partial charge in [-0.05, 0) is 25.8 Å². The van der Waals surface area contributed by atoms with E-state index in [0.717, 1.165) is 22.1 Å². The van der Waals surface area contributed by atoms with Crippen LogP contribution in [0.1, 0.15) is 28.6 Å². The number of hydrogen-bond donors (Lipinski definition) is 2. The first-order valence-corrected chi connectivity index (χ1v) is 7.50. The molecule has 0 saturated carbocycles. The van der Waals surface area contributed by atoms with Gasteiger partial charge in [0.1, 0.15) is 4.88 Å². The minimum atomic E-state index is -0.283. The first-order chi connectivity index (χ1) is 9.50. The number of aryl methyl sites for hydroxylation is 1. The maximum atomic E-state index is 12.5. The number of hydrogen-bond acceptors (Lipinski definition) is 4. The van der Waals surface area contributed by atoms with Crippen molar-refractivity contribution in [2.45, 2.75) is 25.8 Å². The van der Waals surface area contributed by atoms with E-state index in [4.69, 9.17) is 10.5 Å². The van der Waals surface area contributed by atoms with Gasteiger partial charge in [-0.1, -0.05) is 18.2 Å². The fourth-order valence-corrected chi connectivity index (χ4v) is 3.63. The SMILES string of the molecule is Cc1cccc2c(N)c(C(=O)NC3(C)CCOC3)sc12. The van der Waals surface area contributed by atoms with E-state index < -0.39 is 0 Å². The normalized spacial score (nSPS) is 22.3. The molecule has 1 aliphatic rings. The molecule has 20 heavy (non-hydrogen) atoms. The molecule has 2 aromatic rings. The van der Waals surface area contributed by atoms with Gasteiger partial charge in [-0.15, -0.1) is 11.3 Å². The molecule has 1 unspecified atom stereocenters. The summed E-state index contributed by atoms with van der Waals surface area (Å²) in [5.74, 6) is -0.101. The number of benzene rings is 1. The highest BCUT2D eigenvalue weighted by Gasteiger charge is 2.32. The summed E-state index contributed by atoms with van der Waals surface area (Å²) in [4.78, 5) is 13.1. The van der Waals surface area contributed by atoms with Gasteiger partial charge in [0.2, 0.25) is 0 Å². The van der Waals surface area contributed by atoms with Crippen molar-refractivity contribution < 1.29 is 9.53 Å². The summed E-state index contributed by atoms with van der Waals surface area (Å²) in [5, 5.41) is 4.02. The Labute approximate surface area is 121 Å². The van der Waals surface area contributed by atoms with Gasteiger partial charge in [0, 0.05) is 16.7 Å². The third-order valence-corrected chi connectivity index (χ3v) is 5.15. The molecule has 5 heteroatoms. The Kier molecular flexibility index (Phi) is 3.18. The second-order valence-electron chi connectivity index (χ2n) is 5.61. The van der Waals surface area contributed by atoms with Crippen LogP contribution in [0.5, 0.6) is 0 Å². The molecule has 1 aromatic carbocycles. The van der Waals surface area contributed by atoms with Crippen LogP contribution in [0.3, 0.4) is 0 Å². The maximum Gasteiger partial charge on any atom is 0.264 e. The van der Waals surface area contributed by atoms with E-state index in [1.54, 1.807) is 0 Å². The number of nitrogens with two attached hydrogens (primary N) is 1. The molecule has 106 valence electrons. The molecular formula is C15H18N2O2S. The monoisotopic (exact) mass is 290 g/mol. The minimum absolute atomic E-state index is 0.101. The van der Waals surface area contributed by atoms with Crippen molar-refractivity contribution >= 4 is 33.0 Å². The van der Waals surface area contributed by atoms with Crippen LogP contribution < -0.4 is 11.1 Å². The smallest absolute Gasteiger partial charge is 0.264 e. The number of amides is 1. The second kappa shape index (κ2) is 4.75. The van der Waals surface area contributed by atoms with E-state index in [2.05, 4.69) is 5.32 Å². The van der Waals surface area contributed by atoms with E-state index in [9.17, 15) is 4.79 Å². The van der Waals surface area contributed by atoms with Crippen LogP contribution >= 0.6 is 11.3 Å². The first kappa shape index (κ1) is 13.4. The molecule has 1 fully saturated rings. The predicted molar refractivity (Wildman–Crippen MR) is 82.3 cm³/mol. The summed E-state index contributed by atoms with van der Waals surface area (Å²) in [7, 11) is 0. The van der Waals surface area contributed by atoms with Gasteiger partial charge in [-0.25, -0.2) is 0 Å². The molecule has 1 atom stereocenters. The second-order valence-corrected chi connectivity index (χ2v) is 6.63. The van der Waals surface area contributed by atoms with Crippen LogP contribution in [0.25, 0.3) is 10.1 Å². The highest BCUT2D eigenvalue weighted by molar-refractivity contribution is 7.21. The number of carbonyl (C=O) groups is 1. The van der Waals surface area contributed by atoms with Crippen LogP contribution in [-0.2, 0) is 4.74 Å². The largest absolute Gasteiger partial charge is 0.397 e. The zero-order chi connectivity index (χ0) is 14.3. The summed E-state index contributed by atoms with van der Waals surface area (Å²) in [6.07, 6.45) is 0.836. The van der Waals surface area contributed by atoms with Crippen LogP contribution in [0.2, 0.25) is 0 Å². The molecule has 1 aromatic heterocycles. The van der Waals surface area contributed by atoms with Crippen molar-refractivity contribution in [1.29, 1.82) is 0 Å². The lowest BCUT2D eigenvalue weighted by Crippen LogP contribution is -2.46. The predicted octanol–water partition coefficient (Wildman–Crippen LogP) is 2.70. The Morgan fingerprint density at radius 2 is 2.30 bits per heavy atom. The Bertz CT molecular complexity index is 672. The van der Waals surface area contributed by atoms with Crippen molar-refractivity contribution in [3.63, 3.8) is 0 Å². The summed E-state index contributed by atoms with van der Waals surface area (Å²) in [5.41, 5.74) is 7.59. The minimum Gasteiger partial charge on any atom is -0.397 e. The molecular weight excluding hydrogens is 272 g/mol. The van der Waals surface area contributed by atoms with Gasteiger partial charge >= 0.3 is 0 Å². The Balaban J connectivity index is 1.96. The van der Waals surface area contributed by atoms with Gasteiger partial charge in [-0.3, -0.25) is 4.79 Å². The molecule has 4 nitrogen and oxygen atoms in total. The fraction of sp³-hybridized carbons (Fsp3) is 0.400. The lowest BCUT2D eigenvalue weighted by molar-refractivity contribution is 0.0895. The number of ether oxygens (including phenoxy) is 1. The van der Waals surface area contributed by atoms with E-state index in [1.165, 1.54) is 11.3 Å². The van der Waals surface area contributed by atoms with Crippen LogP contribution in [-0.4, -0.2) is 24.7 Å². The molecule has 1 saturated heterocycles. The zero-order valence-electron chi connectivity index (χ0n) is 11.7. The highest BCUT2D eigenvalue weighted by atomic mass is 32.1. The van der Waals surface area contributed by atoms with E-state index in [-0.39, 0.29) is 11.4 Å². The van der Waals surface area contributed by atoms with E-state index >= 15 is 0 Å².